The summed E-state index contributed by atoms with van der Waals surface area (Å²) in [5.74, 6) is 1.43. The van der Waals surface area contributed by atoms with E-state index in [1.807, 2.05) is 97.0 Å². The van der Waals surface area contributed by atoms with E-state index in [9.17, 15) is 0 Å². The maximum Gasteiger partial charge on any atom is 0.161 e. The molecule has 3 rings (SSSR count). The Hall–Kier alpha value is -3.27. The minimum atomic E-state index is 0.597. The van der Waals surface area contributed by atoms with E-state index < -0.39 is 0 Å². The molecule has 26 heavy (non-hydrogen) atoms. The molecule has 0 aliphatic heterocycles. The molecule has 0 fully saturated rings. The molecule has 0 unspecified atom stereocenters. The highest BCUT2D eigenvalue weighted by Crippen LogP contribution is 2.28. The normalized spacial score (nSPS) is 10.7. The van der Waals surface area contributed by atoms with Crippen LogP contribution in [0.2, 0.25) is 0 Å². The van der Waals surface area contributed by atoms with E-state index in [4.69, 9.17) is 14.6 Å². The SMILES string of the molecule is CCOc1ccc(/C=N\N(c2ccccc2)c2ccccc2)cc1OC. The summed E-state index contributed by atoms with van der Waals surface area (Å²) in [6, 6.07) is 25.9. The van der Waals surface area contributed by atoms with E-state index in [2.05, 4.69) is 0 Å². The van der Waals surface area contributed by atoms with E-state index >= 15 is 0 Å². The second kappa shape index (κ2) is 8.72. The van der Waals surface area contributed by atoms with Crippen LogP contribution in [-0.2, 0) is 0 Å². The number of benzene rings is 3. The van der Waals surface area contributed by atoms with Gasteiger partial charge in [0, 0.05) is 0 Å². The fourth-order valence-corrected chi connectivity index (χ4v) is 2.58. The molecule has 3 aromatic carbocycles. The highest BCUT2D eigenvalue weighted by atomic mass is 16.5. The summed E-state index contributed by atoms with van der Waals surface area (Å²) in [6.07, 6.45) is 1.82. The summed E-state index contributed by atoms with van der Waals surface area (Å²) in [6.45, 7) is 2.55. The molecule has 0 bridgehead atoms. The first-order valence-electron chi connectivity index (χ1n) is 8.57. The van der Waals surface area contributed by atoms with E-state index in [1.165, 1.54) is 0 Å². The Bertz CT molecular complexity index is 809. The Morgan fingerprint density at radius 3 is 2.00 bits per heavy atom. The summed E-state index contributed by atoms with van der Waals surface area (Å²) in [5, 5.41) is 6.60. The van der Waals surface area contributed by atoms with Gasteiger partial charge in [0.2, 0.25) is 0 Å². The van der Waals surface area contributed by atoms with Crippen molar-refractivity contribution in [3.8, 4) is 11.5 Å². The Morgan fingerprint density at radius 2 is 1.46 bits per heavy atom. The molecule has 0 aliphatic carbocycles. The molecule has 4 heteroatoms. The quantitative estimate of drug-likeness (QED) is 0.432. The summed E-state index contributed by atoms with van der Waals surface area (Å²) in [4.78, 5) is 0. The summed E-state index contributed by atoms with van der Waals surface area (Å²) in [5.41, 5.74) is 2.92. The maximum atomic E-state index is 5.57. The van der Waals surface area contributed by atoms with Crippen LogP contribution in [0.5, 0.6) is 11.5 Å². The summed E-state index contributed by atoms with van der Waals surface area (Å²) >= 11 is 0. The van der Waals surface area contributed by atoms with Crippen molar-refractivity contribution >= 4 is 17.6 Å². The molecule has 0 aromatic heterocycles. The highest BCUT2D eigenvalue weighted by Gasteiger charge is 2.08. The van der Waals surface area contributed by atoms with Crippen molar-refractivity contribution in [1.82, 2.24) is 0 Å². The van der Waals surface area contributed by atoms with E-state index in [0.29, 0.717) is 12.4 Å². The Morgan fingerprint density at radius 1 is 0.846 bits per heavy atom. The number of para-hydroxylation sites is 2. The smallest absolute Gasteiger partial charge is 0.161 e. The van der Waals surface area contributed by atoms with Gasteiger partial charge in [-0.3, -0.25) is 0 Å². The number of hydrogen-bond donors (Lipinski definition) is 0. The molecule has 0 radical (unpaired) electrons. The zero-order valence-electron chi connectivity index (χ0n) is 15.0. The van der Waals surface area contributed by atoms with Crippen molar-refractivity contribution in [1.29, 1.82) is 0 Å². The molecule has 0 spiro atoms. The average Bonchev–Trinajstić information content (AvgIpc) is 2.71. The van der Waals surface area contributed by atoms with Crippen LogP contribution in [0.15, 0.2) is 84.0 Å². The van der Waals surface area contributed by atoms with Gasteiger partial charge in [0.25, 0.3) is 0 Å². The zero-order chi connectivity index (χ0) is 18.2. The molecular formula is C22H22N2O2. The molecule has 132 valence electrons. The standard InChI is InChI=1S/C22H22N2O2/c1-3-26-21-15-14-18(16-22(21)25-2)17-23-24(19-10-6-4-7-11-19)20-12-8-5-9-13-20/h4-17H,3H2,1-2H3/b23-17-. The van der Waals surface area contributed by atoms with Gasteiger partial charge in [-0.25, -0.2) is 5.01 Å². The predicted octanol–water partition coefficient (Wildman–Crippen LogP) is 5.27. The van der Waals surface area contributed by atoms with Gasteiger partial charge in [-0.1, -0.05) is 36.4 Å². The minimum Gasteiger partial charge on any atom is -0.493 e. The van der Waals surface area contributed by atoms with E-state index in [-0.39, 0.29) is 0 Å². The lowest BCUT2D eigenvalue weighted by Gasteiger charge is -2.19. The monoisotopic (exact) mass is 346 g/mol. The third kappa shape index (κ3) is 4.22. The first-order chi connectivity index (χ1) is 12.8. The number of hydrogen-bond acceptors (Lipinski definition) is 4. The first-order valence-corrected chi connectivity index (χ1v) is 8.57. The van der Waals surface area contributed by atoms with Crippen molar-refractivity contribution < 1.29 is 9.47 Å². The molecule has 0 heterocycles. The van der Waals surface area contributed by atoms with Crippen LogP contribution in [0.4, 0.5) is 11.4 Å². The van der Waals surface area contributed by atoms with Crippen molar-refractivity contribution in [2.24, 2.45) is 5.10 Å². The number of nitrogens with zero attached hydrogens (tertiary/aromatic N) is 2. The molecule has 3 aromatic rings. The van der Waals surface area contributed by atoms with Gasteiger partial charge < -0.3 is 9.47 Å². The zero-order valence-corrected chi connectivity index (χ0v) is 15.0. The molecule has 0 atom stereocenters. The predicted molar refractivity (Wildman–Crippen MR) is 107 cm³/mol. The topological polar surface area (TPSA) is 34.1 Å². The maximum absolute atomic E-state index is 5.57. The summed E-state index contributed by atoms with van der Waals surface area (Å²) < 4.78 is 11.0. The van der Waals surface area contributed by atoms with Gasteiger partial charge in [0.15, 0.2) is 11.5 Å². The van der Waals surface area contributed by atoms with Crippen LogP contribution >= 0.6 is 0 Å². The highest BCUT2D eigenvalue weighted by molar-refractivity contribution is 5.83. The Kier molecular flexibility index (Phi) is 5.88. The van der Waals surface area contributed by atoms with Crippen molar-refractivity contribution in [2.75, 3.05) is 18.7 Å². The van der Waals surface area contributed by atoms with Crippen LogP contribution in [0.25, 0.3) is 0 Å². The third-order valence-corrected chi connectivity index (χ3v) is 3.81. The van der Waals surface area contributed by atoms with Crippen LogP contribution in [0, 0.1) is 0 Å². The van der Waals surface area contributed by atoms with E-state index in [1.54, 1.807) is 7.11 Å². The lowest BCUT2D eigenvalue weighted by Crippen LogP contribution is -2.09. The average molecular weight is 346 g/mol. The molecule has 0 saturated heterocycles. The first kappa shape index (κ1) is 17.5. The lowest BCUT2D eigenvalue weighted by molar-refractivity contribution is 0.311. The van der Waals surface area contributed by atoms with Crippen molar-refractivity contribution in [3.05, 3.63) is 84.4 Å². The fourth-order valence-electron chi connectivity index (χ4n) is 2.58. The van der Waals surface area contributed by atoms with Gasteiger partial charge in [0.1, 0.15) is 0 Å². The molecule has 0 aliphatic rings. The lowest BCUT2D eigenvalue weighted by atomic mass is 10.2. The van der Waals surface area contributed by atoms with Crippen LogP contribution in [0.1, 0.15) is 12.5 Å². The fraction of sp³-hybridized carbons (Fsp3) is 0.136. The van der Waals surface area contributed by atoms with Crippen LogP contribution in [0.3, 0.4) is 0 Å². The molecule has 0 amide bonds. The Labute approximate surface area is 154 Å². The largest absolute Gasteiger partial charge is 0.493 e. The molecular weight excluding hydrogens is 324 g/mol. The van der Waals surface area contributed by atoms with Gasteiger partial charge >= 0.3 is 0 Å². The number of methoxy groups -OCH3 is 1. The van der Waals surface area contributed by atoms with Gasteiger partial charge in [-0.05, 0) is 55.0 Å². The van der Waals surface area contributed by atoms with Crippen LogP contribution < -0.4 is 14.5 Å². The second-order valence-electron chi connectivity index (χ2n) is 5.57. The minimum absolute atomic E-state index is 0.597. The van der Waals surface area contributed by atoms with Crippen molar-refractivity contribution in [2.45, 2.75) is 6.92 Å². The number of rotatable bonds is 7. The number of ether oxygens (including phenoxy) is 2. The number of anilines is 2. The van der Waals surface area contributed by atoms with Gasteiger partial charge in [-0.2, -0.15) is 5.10 Å². The number of hydrazone groups is 1. The van der Waals surface area contributed by atoms with Crippen LogP contribution in [-0.4, -0.2) is 19.9 Å². The molecule has 0 N–H and O–H groups in total. The molecule has 0 saturated carbocycles. The van der Waals surface area contributed by atoms with E-state index in [0.717, 1.165) is 22.7 Å². The Balaban J connectivity index is 1.92. The van der Waals surface area contributed by atoms with Gasteiger partial charge in [0.05, 0.1) is 31.3 Å². The second-order valence-corrected chi connectivity index (χ2v) is 5.57. The van der Waals surface area contributed by atoms with Crippen molar-refractivity contribution in [3.63, 3.8) is 0 Å². The summed E-state index contributed by atoms with van der Waals surface area (Å²) in [7, 11) is 1.64. The third-order valence-electron chi connectivity index (χ3n) is 3.81. The van der Waals surface area contributed by atoms with Gasteiger partial charge in [-0.15, -0.1) is 0 Å². The molecule has 4 nitrogen and oxygen atoms in total.